The van der Waals surface area contributed by atoms with E-state index >= 15 is 0 Å². The molecule has 19 heavy (non-hydrogen) atoms. The summed E-state index contributed by atoms with van der Waals surface area (Å²) in [5.74, 6) is 0. The monoisotopic (exact) mass is 271 g/mol. The van der Waals surface area contributed by atoms with E-state index in [-0.39, 0.29) is 0 Å². The highest BCUT2D eigenvalue weighted by atomic mass is 32.2. The van der Waals surface area contributed by atoms with Crippen molar-refractivity contribution in [2.24, 2.45) is 0 Å². The van der Waals surface area contributed by atoms with Crippen LogP contribution in [0.3, 0.4) is 0 Å². The molecule has 1 aromatic heterocycles. The summed E-state index contributed by atoms with van der Waals surface area (Å²) in [6.07, 6.45) is 2.03. The third kappa shape index (κ3) is 2.37. The minimum absolute atomic E-state index is 0.474. The third-order valence-corrected chi connectivity index (χ3v) is 3.56. The molecule has 0 unspecified atom stereocenters. The lowest BCUT2D eigenvalue weighted by molar-refractivity contribution is 0.623. The second kappa shape index (κ2) is 4.85. The highest BCUT2D eigenvalue weighted by Crippen LogP contribution is 2.29. The molecule has 0 fully saturated rings. The van der Waals surface area contributed by atoms with Crippen molar-refractivity contribution in [1.29, 1.82) is 0 Å². The van der Waals surface area contributed by atoms with Gasteiger partial charge >= 0.3 is 0 Å². The van der Waals surface area contributed by atoms with E-state index in [1.165, 1.54) is 0 Å². The number of rotatable bonds is 3. The molecular formula is C14H13N3OS. The normalized spacial score (nSPS) is 10.8. The van der Waals surface area contributed by atoms with Crippen LogP contribution in [0.5, 0.6) is 0 Å². The second-order valence-electron chi connectivity index (χ2n) is 4.07. The quantitative estimate of drug-likeness (QED) is 0.559. The number of aromatic nitrogens is 1. The lowest BCUT2D eigenvalue weighted by Crippen LogP contribution is -1.91. The summed E-state index contributed by atoms with van der Waals surface area (Å²) in [6.45, 7) is 0. The van der Waals surface area contributed by atoms with E-state index < -0.39 is 0 Å². The number of hydrogen-bond donors (Lipinski definition) is 2. The standard InChI is InChI=1S/C14H13N3OS/c1-19-13-5-3-2-4-10(13)16-14-17-11-8-9(15)6-7-12(11)18-14/h2-8H,15H2,1H3,(H,16,17). The molecule has 0 aliphatic heterocycles. The molecule has 0 atom stereocenters. The largest absolute Gasteiger partial charge is 0.423 e. The Labute approximate surface area is 115 Å². The number of hydrogen-bond acceptors (Lipinski definition) is 5. The van der Waals surface area contributed by atoms with Gasteiger partial charge in [0, 0.05) is 10.6 Å². The molecule has 3 aromatic rings. The Hall–Kier alpha value is -2.14. The van der Waals surface area contributed by atoms with Crippen LogP contribution in [0.2, 0.25) is 0 Å². The molecule has 0 aliphatic carbocycles. The molecule has 4 nitrogen and oxygen atoms in total. The molecule has 2 aromatic carbocycles. The van der Waals surface area contributed by atoms with Crippen LogP contribution < -0.4 is 11.1 Å². The van der Waals surface area contributed by atoms with Crippen LogP contribution in [-0.2, 0) is 0 Å². The van der Waals surface area contributed by atoms with Crippen LogP contribution in [0, 0.1) is 0 Å². The van der Waals surface area contributed by atoms with E-state index in [0.717, 1.165) is 21.7 Å². The maximum Gasteiger partial charge on any atom is 0.300 e. The zero-order valence-corrected chi connectivity index (χ0v) is 11.2. The van der Waals surface area contributed by atoms with Crippen molar-refractivity contribution in [3.8, 4) is 0 Å². The molecule has 0 saturated carbocycles. The molecule has 0 aliphatic rings. The van der Waals surface area contributed by atoms with Crippen LogP contribution in [-0.4, -0.2) is 11.2 Å². The van der Waals surface area contributed by atoms with E-state index in [4.69, 9.17) is 10.2 Å². The van der Waals surface area contributed by atoms with Crippen molar-refractivity contribution in [3.05, 3.63) is 42.5 Å². The number of benzene rings is 2. The number of para-hydroxylation sites is 1. The predicted molar refractivity (Wildman–Crippen MR) is 79.9 cm³/mol. The third-order valence-electron chi connectivity index (χ3n) is 2.76. The molecule has 0 amide bonds. The second-order valence-corrected chi connectivity index (χ2v) is 4.92. The zero-order valence-electron chi connectivity index (χ0n) is 10.4. The Kier molecular flexibility index (Phi) is 3.05. The van der Waals surface area contributed by atoms with Crippen molar-refractivity contribution < 1.29 is 4.42 Å². The summed E-state index contributed by atoms with van der Waals surface area (Å²) in [7, 11) is 0. The van der Waals surface area contributed by atoms with Crippen molar-refractivity contribution in [2.75, 3.05) is 17.3 Å². The summed E-state index contributed by atoms with van der Waals surface area (Å²) in [6, 6.07) is 13.9. The fourth-order valence-electron chi connectivity index (χ4n) is 1.86. The molecule has 0 saturated heterocycles. The first kappa shape index (κ1) is 11.9. The SMILES string of the molecule is CSc1ccccc1Nc1nc2cc(N)ccc2o1. The Morgan fingerprint density at radius 2 is 2.05 bits per heavy atom. The van der Waals surface area contributed by atoms with E-state index in [2.05, 4.69) is 10.3 Å². The Morgan fingerprint density at radius 3 is 2.89 bits per heavy atom. The van der Waals surface area contributed by atoms with Gasteiger partial charge in [0.05, 0.1) is 5.69 Å². The number of nitrogens with two attached hydrogens (primary N) is 1. The number of fused-ring (bicyclic) bond motifs is 1. The number of anilines is 3. The number of oxazole rings is 1. The summed E-state index contributed by atoms with van der Waals surface area (Å²) in [5, 5.41) is 3.19. The fourth-order valence-corrected chi connectivity index (χ4v) is 2.41. The molecule has 0 spiro atoms. The van der Waals surface area contributed by atoms with Gasteiger partial charge in [-0.3, -0.25) is 0 Å². The lowest BCUT2D eigenvalue weighted by atomic mass is 10.3. The molecule has 0 bridgehead atoms. The maximum absolute atomic E-state index is 5.73. The van der Waals surface area contributed by atoms with Gasteiger partial charge in [-0.25, -0.2) is 0 Å². The number of thioether (sulfide) groups is 1. The zero-order chi connectivity index (χ0) is 13.2. The van der Waals surface area contributed by atoms with Crippen LogP contribution in [0.4, 0.5) is 17.4 Å². The van der Waals surface area contributed by atoms with Crippen LogP contribution >= 0.6 is 11.8 Å². The van der Waals surface area contributed by atoms with Crippen LogP contribution in [0.15, 0.2) is 51.8 Å². The summed E-state index contributed by atoms with van der Waals surface area (Å²) >= 11 is 1.67. The number of nitrogens with zero attached hydrogens (tertiary/aromatic N) is 1. The highest BCUT2D eigenvalue weighted by molar-refractivity contribution is 7.98. The molecule has 3 rings (SSSR count). The molecule has 5 heteroatoms. The van der Waals surface area contributed by atoms with Gasteiger partial charge in [0.1, 0.15) is 5.52 Å². The van der Waals surface area contributed by atoms with Crippen molar-refractivity contribution in [2.45, 2.75) is 4.90 Å². The van der Waals surface area contributed by atoms with Crippen LogP contribution in [0.25, 0.3) is 11.1 Å². The van der Waals surface area contributed by atoms with E-state index in [9.17, 15) is 0 Å². The maximum atomic E-state index is 5.73. The molecular weight excluding hydrogens is 258 g/mol. The van der Waals surface area contributed by atoms with Gasteiger partial charge in [0.15, 0.2) is 5.58 Å². The first-order valence-electron chi connectivity index (χ1n) is 5.82. The minimum Gasteiger partial charge on any atom is -0.423 e. The topological polar surface area (TPSA) is 64.1 Å². The van der Waals surface area contributed by atoms with Gasteiger partial charge in [-0.05, 0) is 36.6 Å². The van der Waals surface area contributed by atoms with E-state index in [0.29, 0.717) is 11.7 Å². The Bertz CT molecular complexity index is 724. The van der Waals surface area contributed by atoms with Gasteiger partial charge < -0.3 is 15.5 Å². The summed E-state index contributed by atoms with van der Waals surface area (Å²) in [5.41, 5.74) is 8.86. The predicted octanol–water partition coefficient (Wildman–Crippen LogP) is 3.88. The van der Waals surface area contributed by atoms with E-state index in [1.807, 2.05) is 36.6 Å². The van der Waals surface area contributed by atoms with Gasteiger partial charge in [-0.2, -0.15) is 4.98 Å². The highest BCUT2D eigenvalue weighted by Gasteiger charge is 2.08. The van der Waals surface area contributed by atoms with Gasteiger partial charge in [0.25, 0.3) is 6.01 Å². The average Bonchev–Trinajstić information content (AvgIpc) is 2.80. The molecule has 96 valence electrons. The smallest absolute Gasteiger partial charge is 0.300 e. The van der Waals surface area contributed by atoms with Crippen molar-refractivity contribution in [1.82, 2.24) is 4.98 Å². The Morgan fingerprint density at radius 1 is 1.21 bits per heavy atom. The van der Waals surface area contributed by atoms with Crippen molar-refractivity contribution >= 4 is 40.3 Å². The van der Waals surface area contributed by atoms with Crippen molar-refractivity contribution in [3.63, 3.8) is 0 Å². The van der Waals surface area contributed by atoms with Gasteiger partial charge in [0.2, 0.25) is 0 Å². The first-order chi connectivity index (χ1) is 9.26. The van der Waals surface area contributed by atoms with Gasteiger partial charge in [-0.15, -0.1) is 11.8 Å². The summed E-state index contributed by atoms with van der Waals surface area (Å²) in [4.78, 5) is 5.52. The fraction of sp³-hybridized carbons (Fsp3) is 0.0714. The van der Waals surface area contributed by atoms with Gasteiger partial charge in [-0.1, -0.05) is 12.1 Å². The molecule has 3 N–H and O–H groups in total. The first-order valence-corrected chi connectivity index (χ1v) is 7.05. The molecule has 1 heterocycles. The number of nitrogen functional groups attached to an aromatic ring is 1. The lowest BCUT2D eigenvalue weighted by Gasteiger charge is -2.06. The minimum atomic E-state index is 0.474. The Balaban J connectivity index is 1.96. The van der Waals surface area contributed by atoms with Crippen LogP contribution in [0.1, 0.15) is 0 Å². The average molecular weight is 271 g/mol. The number of nitrogens with one attached hydrogen (secondary N) is 1. The summed E-state index contributed by atoms with van der Waals surface area (Å²) < 4.78 is 5.64. The van der Waals surface area contributed by atoms with E-state index in [1.54, 1.807) is 23.9 Å². The molecule has 0 radical (unpaired) electrons.